The second-order valence-electron chi connectivity index (χ2n) is 8.29. The van der Waals surface area contributed by atoms with Crippen LogP contribution in [0.15, 0.2) is 0 Å². The third-order valence-electron chi connectivity index (χ3n) is 6.08. The molecule has 4 fully saturated rings. The van der Waals surface area contributed by atoms with E-state index in [4.69, 9.17) is 9.16 Å². The van der Waals surface area contributed by atoms with Crippen molar-refractivity contribution in [3.8, 4) is 0 Å². The SMILES string of the molecule is CC1C(CO)C2CC3OC(=O)CC(O[Si](C)(C)C)(C2C)C31. The van der Waals surface area contributed by atoms with Gasteiger partial charge in [0.1, 0.15) is 6.10 Å². The standard InChI is InChI=1S/C16H28O4Si/c1-9-12(8-17)11-6-13-15(9)16(10(11)2,7-14(18)19-13)20-21(3,4)5/h9-13,15,17H,6-8H2,1-5H3. The summed E-state index contributed by atoms with van der Waals surface area (Å²) < 4.78 is 12.3. The summed E-state index contributed by atoms with van der Waals surface area (Å²) in [6.07, 6.45) is 1.27. The molecule has 0 aromatic carbocycles. The van der Waals surface area contributed by atoms with Gasteiger partial charge < -0.3 is 14.3 Å². The largest absolute Gasteiger partial charge is 0.462 e. The summed E-state index contributed by atoms with van der Waals surface area (Å²) in [6.45, 7) is 11.2. The highest BCUT2D eigenvalue weighted by atomic mass is 28.4. The molecule has 0 aromatic rings. The van der Waals surface area contributed by atoms with Crippen molar-refractivity contribution in [2.45, 2.75) is 58.0 Å². The smallest absolute Gasteiger partial charge is 0.308 e. The molecule has 0 aromatic heterocycles. The van der Waals surface area contributed by atoms with Gasteiger partial charge in [-0.1, -0.05) is 13.8 Å². The molecule has 7 atom stereocenters. The number of aliphatic hydroxyl groups is 1. The van der Waals surface area contributed by atoms with E-state index in [1.165, 1.54) is 0 Å². The molecule has 4 nitrogen and oxygen atoms in total. The summed E-state index contributed by atoms with van der Waals surface area (Å²) in [6, 6.07) is 0. The lowest BCUT2D eigenvalue weighted by Crippen LogP contribution is -2.72. The monoisotopic (exact) mass is 312 g/mol. The Labute approximate surface area is 128 Å². The number of carbonyl (C=O) groups is 1. The maximum atomic E-state index is 12.1. The number of ether oxygens (including phenoxy) is 1. The van der Waals surface area contributed by atoms with Gasteiger partial charge in [0.2, 0.25) is 0 Å². The van der Waals surface area contributed by atoms with Crippen LogP contribution in [0.25, 0.3) is 0 Å². The zero-order chi connectivity index (χ0) is 15.6. The van der Waals surface area contributed by atoms with E-state index < -0.39 is 8.32 Å². The fraction of sp³-hybridized carbons (Fsp3) is 0.938. The van der Waals surface area contributed by atoms with Gasteiger partial charge in [-0.25, -0.2) is 0 Å². The lowest BCUT2D eigenvalue weighted by atomic mass is 9.46. The fourth-order valence-electron chi connectivity index (χ4n) is 5.49. The zero-order valence-corrected chi connectivity index (χ0v) is 14.8. The second kappa shape index (κ2) is 4.80. The quantitative estimate of drug-likeness (QED) is 0.642. The molecular formula is C16H28O4Si. The van der Waals surface area contributed by atoms with E-state index in [9.17, 15) is 9.90 Å². The van der Waals surface area contributed by atoms with Gasteiger partial charge in [-0.05, 0) is 49.7 Å². The summed E-state index contributed by atoms with van der Waals surface area (Å²) in [5.41, 5.74) is -0.363. The Morgan fingerprint density at radius 2 is 2.05 bits per heavy atom. The van der Waals surface area contributed by atoms with Gasteiger partial charge in [0.05, 0.1) is 12.0 Å². The number of rotatable bonds is 3. The van der Waals surface area contributed by atoms with E-state index in [1.54, 1.807) is 0 Å². The first-order valence-corrected chi connectivity index (χ1v) is 11.6. The average molecular weight is 312 g/mol. The highest BCUT2D eigenvalue weighted by molar-refractivity contribution is 6.69. The molecule has 3 aliphatic carbocycles. The molecule has 7 unspecified atom stereocenters. The van der Waals surface area contributed by atoms with Crippen LogP contribution in [0.1, 0.15) is 26.7 Å². The lowest BCUT2D eigenvalue weighted by Gasteiger charge is -2.66. The van der Waals surface area contributed by atoms with E-state index in [-0.39, 0.29) is 30.2 Å². The van der Waals surface area contributed by atoms with E-state index in [1.807, 2.05) is 0 Å². The summed E-state index contributed by atoms with van der Waals surface area (Å²) in [5.74, 6) is 1.50. The highest BCUT2D eigenvalue weighted by Gasteiger charge is 2.67. The molecule has 0 radical (unpaired) electrons. The van der Waals surface area contributed by atoms with Crippen molar-refractivity contribution in [3.63, 3.8) is 0 Å². The molecule has 120 valence electrons. The molecule has 3 saturated carbocycles. The molecule has 0 amide bonds. The van der Waals surface area contributed by atoms with Crippen LogP contribution in [0.5, 0.6) is 0 Å². The molecule has 4 bridgehead atoms. The van der Waals surface area contributed by atoms with E-state index >= 15 is 0 Å². The number of aliphatic hydroxyl groups excluding tert-OH is 1. The fourth-order valence-corrected chi connectivity index (χ4v) is 7.02. The van der Waals surface area contributed by atoms with Gasteiger partial charge in [0.25, 0.3) is 0 Å². The Bertz CT molecular complexity index is 446. The summed E-state index contributed by atoms with van der Waals surface area (Å²) >= 11 is 0. The third kappa shape index (κ3) is 2.20. The van der Waals surface area contributed by atoms with Crippen molar-refractivity contribution >= 4 is 14.3 Å². The Morgan fingerprint density at radius 3 is 2.62 bits per heavy atom. The Balaban J connectivity index is 2.04. The summed E-state index contributed by atoms with van der Waals surface area (Å²) in [5, 5.41) is 9.79. The van der Waals surface area contributed by atoms with Crippen LogP contribution in [-0.2, 0) is 14.0 Å². The molecule has 5 heteroatoms. The Morgan fingerprint density at radius 1 is 1.38 bits per heavy atom. The normalized spacial score (nSPS) is 49.1. The highest BCUT2D eigenvalue weighted by Crippen LogP contribution is 2.62. The maximum Gasteiger partial charge on any atom is 0.308 e. The molecule has 1 N–H and O–H groups in total. The minimum atomic E-state index is -1.77. The Kier molecular flexibility index (Phi) is 3.54. The van der Waals surface area contributed by atoms with Crippen molar-refractivity contribution in [2.75, 3.05) is 6.61 Å². The lowest BCUT2D eigenvalue weighted by molar-refractivity contribution is -0.260. The van der Waals surface area contributed by atoms with Gasteiger partial charge in [-0.3, -0.25) is 4.79 Å². The third-order valence-corrected chi connectivity index (χ3v) is 7.08. The first-order chi connectivity index (χ1) is 9.69. The van der Waals surface area contributed by atoms with Crippen molar-refractivity contribution < 1.29 is 19.1 Å². The van der Waals surface area contributed by atoms with Gasteiger partial charge in [-0.2, -0.15) is 0 Å². The van der Waals surface area contributed by atoms with Gasteiger partial charge in [-0.15, -0.1) is 0 Å². The summed E-state index contributed by atoms with van der Waals surface area (Å²) in [7, 11) is -1.77. The predicted molar refractivity (Wildman–Crippen MR) is 82.2 cm³/mol. The van der Waals surface area contributed by atoms with Gasteiger partial charge in [0.15, 0.2) is 8.32 Å². The van der Waals surface area contributed by atoms with Crippen molar-refractivity contribution in [2.24, 2.45) is 29.6 Å². The average Bonchev–Trinajstić information content (AvgIpc) is 2.32. The molecule has 4 rings (SSSR count). The molecule has 1 aliphatic heterocycles. The van der Waals surface area contributed by atoms with E-state index in [0.717, 1.165) is 6.42 Å². The van der Waals surface area contributed by atoms with Crippen LogP contribution in [0.4, 0.5) is 0 Å². The molecule has 0 spiro atoms. The number of carbonyl (C=O) groups excluding carboxylic acids is 1. The number of hydrogen-bond acceptors (Lipinski definition) is 4. The van der Waals surface area contributed by atoms with Crippen LogP contribution < -0.4 is 0 Å². The van der Waals surface area contributed by atoms with Gasteiger partial charge in [0, 0.05) is 12.5 Å². The van der Waals surface area contributed by atoms with Crippen molar-refractivity contribution in [1.29, 1.82) is 0 Å². The van der Waals surface area contributed by atoms with Gasteiger partial charge >= 0.3 is 5.97 Å². The van der Waals surface area contributed by atoms with Crippen LogP contribution in [0.3, 0.4) is 0 Å². The second-order valence-corrected chi connectivity index (χ2v) is 12.7. The molecule has 21 heavy (non-hydrogen) atoms. The molecule has 1 saturated heterocycles. The van der Waals surface area contributed by atoms with E-state index in [0.29, 0.717) is 30.1 Å². The van der Waals surface area contributed by atoms with Crippen molar-refractivity contribution in [3.05, 3.63) is 0 Å². The van der Waals surface area contributed by atoms with Crippen LogP contribution in [0.2, 0.25) is 19.6 Å². The first kappa shape index (κ1) is 15.5. The molecular weight excluding hydrogens is 284 g/mol. The topological polar surface area (TPSA) is 55.8 Å². The number of hydrogen-bond donors (Lipinski definition) is 1. The first-order valence-electron chi connectivity index (χ1n) is 8.20. The van der Waals surface area contributed by atoms with Crippen LogP contribution in [0, 0.1) is 29.6 Å². The molecule has 4 aliphatic rings. The maximum absolute atomic E-state index is 12.1. The minimum Gasteiger partial charge on any atom is -0.462 e. The number of fused-ring (bicyclic) bond motifs is 1. The predicted octanol–water partition coefficient (Wildman–Crippen LogP) is 2.42. The van der Waals surface area contributed by atoms with Crippen molar-refractivity contribution in [1.82, 2.24) is 0 Å². The minimum absolute atomic E-state index is 0.0124. The summed E-state index contributed by atoms with van der Waals surface area (Å²) in [4.78, 5) is 12.1. The van der Waals surface area contributed by atoms with E-state index in [2.05, 4.69) is 33.5 Å². The zero-order valence-electron chi connectivity index (χ0n) is 13.8. The number of esters is 1. The van der Waals surface area contributed by atoms with Crippen LogP contribution in [-0.4, -0.2) is 37.7 Å². The molecule has 1 heterocycles. The Hall–Kier alpha value is -0.393. The van der Waals surface area contributed by atoms with Crippen LogP contribution >= 0.6 is 0 Å².